The lowest BCUT2D eigenvalue weighted by Gasteiger charge is -2.24. The van der Waals surface area contributed by atoms with Crippen LogP contribution in [0.5, 0.6) is 5.88 Å². The van der Waals surface area contributed by atoms with Gasteiger partial charge in [-0.25, -0.2) is 4.98 Å². The molecule has 3 aromatic heterocycles. The lowest BCUT2D eigenvalue weighted by atomic mass is 10.0. The Morgan fingerprint density at radius 1 is 0.975 bits per heavy atom. The van der Waals surface area contributed by atoms with Gasteiger partial charge in [0.2, 0.25) is 5.88 Å². The SMILES string of the molecule is O=C(c1cc(OCC2CCOCC2)nc(C2CC2)c1)N1CCc2cc(C(=O)N3CCc4[nH]nnc4C3)nn2CC1. The quantitative estimate of drug-likeness (QED) is 0.497. The standard InChI is InChI=1S/C28H34N8O4/c37-27(20-13-23(19-1-2-19)29-26(14-20)40-17-18-5-11-39-12-6-18)34-7-3-21-15-24(32-36(21)10-9-34)28(38)35-8-4-22-25(16-35)31-33-30-22/h13-15,18-19H,1-12,16-17H2,(H,30,31,33). The number of hydrogen-bond donors (Lipinski definition) is 1. The number of carbonyl (C=O) groups is 2. The molecule has 3 aliphatic heterocycles. The maximum atomic E-state index is 13.7. The van der Waals surface area contributed by atoms with Gasteiger partial charge in [-0.3, -0.25) is 19.4 Å². The summed E-state index contributed by atoms with van der Waals surface area (Å²) in [5.74, 6) is 1.30. The van der Waals surface area contributed by atoms with Crippen LogP contribution in [0.3, 0.4) is 0 Å². The molecule has 6 heterocycles. The number of ether oxygens (including phenoxy) is 2. The first-order valence-electron chi connectivity index (χ1n) is 14.4. The lowest BCUT2D eigenvalue weighted by molar-refractivity contribution is 0.0490. The molecule has 0 spiro atoms. The van der Waals surface area contributed by atoms with Gasteiger partial charge in [-0.05, 0) is 43.7 Å². The van der Waals surface area contributed by atoms with Crippen molar-refractivity contribution in [2.24, 2.45) is 5.92 Å². The van der Waals surface area contributed by atoms with Crippen LogP contribution < -0.4 is 4.74 Å². The van der Waals surface area contributed by atoms with Crippen molar-refractivity contribution >= 4 is 11.8 Å². The van der Waals surface area contributed by atoms with Crippen molar-refractivity contribution in [3.8, 4) is 5.88 Å². The molecule has 40 heavy (non-hydrogen) atoms. The van der Waals surface area contributed by atoms with Gasteiger partial charge >= 0.3 is 0 Å². The number of rotatable bonds is 6. The van der Waals surface area contributed by atoms with Gasteiger partial charge < -0.3 is 19.3 Å². The average molecular weight is 547 g/mol. The van der Waals surface area contributed by atoms with Crippen LogP contribution in [0.25, 0.3) is 0 Å². The van der Waals surface area contributed by atoms with E-state index in [2.05, 4.69) is 20.5 Å². The maximum absolute atomic E-state index is 13.7. The summed E-state index contributed by atoms with van der Waals surface area (Å²) < 4.78 is 13.4. The third kappa shape index (κ3) is 5.19. The molecule has 1 saturated heterocycles. The molecule has 2 fully saturated rings. The number of aromatic amines is 1. The minimum atomic E-state index is -0.0974. The molecule has 3 aromatic rings. The van der Waals surface area contributed by atoms with Crippen LogP contribution >= 0.6 is 0 Å². The van der Waals surface area contributed by atoms with E-state index in [-0.39, 0.29) is 11.8 Å². The van der Waals surface area contributed by atoms with Crippen molar-refractivity contribution in [3.05, 3.63) is 52.2 Å². The van der Waals surface area contributed by atoms with E-state index >= 15 is 0 Å². The topological polar surface area (TPSA) is 131 Å². The van der Waals surface area contributed by atoms with Gasteiger partial charge in [0.1, 0.15) is 5.69 Å². The second kappa shape index (κ2) is 10.6. The molecule has 1 aliphatic carbocycles. The lowest BCUT2D eigenvalue weighted by Crippen LogP contribution is -2.36. The Labute approximate surface area is 232 Å². The van der Waals surface area contributed by atoms with E-state index in [9.17, 15) is 9.59 Å². The van der Waals surface area contributed by atoms with Crippen LogP contribution in [0, 0.1) is 5.92 Å². The maximum Gasteiger partial charge on any atom is 0.274 e. The van der Waals surface area contributed by atoms with Gasteiger partial charge in [0, 0.05) is 74.6 Å². The molecule has 0 aromatic carbocycles. The van der Waals surface area contributed by atoms with E-state index in [1.807, 2.05) is 21.7 Å². The number of fused-ring (bicyclic) bond motifs is 2. The molecular weight excluding hydrogens is 512 g/mol. The van der Waals surface area contributed by atoms with Crippen molar-refractivity contribution in [3.63, 3.8) is 0 Å². The van der Waals surface area contributed by atoms with Crippen molar-refractivity contribution in [1.29, 1.82) is 0 Å². The predicted octanol–water partition coefficient (Wildman–Crippen LogP) is 1.98. The minimum Gasteiger partial charge on any atom is -0.477 e. The van der Waals surface area contributed by atoms with Gasteiger partial charge in [0.15, 0.2) is 5.69 Å². The Balaban J connectivity index is 1.01. The van der Waals surface area contributed by atoms with Crippen LogP contribution in [0.2, 0.25) is 0 Å². The number of H-pyrrole nitrogens is 1. The van der Waals surface area contributed by atoms with E-state index in [4.69, 9.17) is 14.5 Å². The Bertz CT molecular complexity index is 1380. The van der Waals surface area contributed by atoms with E-state index in [0.29, 0.717) is 81.1 Å². The molecule has 210 valence electrons. The number of hydrogen-bond acceptors (Lipinski definition) is 8. The van der Waals surface area contributed by atoms with Crippen LogP contribution in [-0.4, -0.2) is 91.2 Å². The van der Waals surface area contributed by atoms with Gasteiger partial charge in [0.25, 0.3) is 11.8 Å². The number of pyridine rings is 1. The van der Waals surface area contributed by atoms with E-state index in [0.717, 1.165) is 61.7 Å². The predicted molar refractivity (Wildman–Crippen MR) is 142 cm³/mol. The smallest absolute Gasteiger partial charge is 0.274 e. The van der Waals surface area contributed by atoms with Crippen molar-refractivity contribution < 1.29 is 19.1 Å². The van der Waals surface area contributed by atoms with Crippen LogP contribution in [0.1, 0.15) is 75.2 Å². The molecule has 1 saturated carbocycles. The zero-order valence-corrected chi connectivity index (χ0v) is 22.5. The van der Waals surface area contributed by atoms with Crippen molar-refractivity contribution in [1.82, 2.24) is 40.0 Å². The number of carbonyl (C=O) groups excluding carboxylic acids is 2. The molecule has 0 unspecified atom stereocenters. The molecule has 2 amide bonds. The Hall–Kier alpha value is -3.80. The molecular formula is C28H34N8O4. The van der Waals surface area contributed by atoms with Gasteiger partial charge in [-0.1, -0.05) is 5.21 Å². The summed E-state index contributed by atoms with van der Waals surface area (Å²) in [6.45, 7) is 4.81. The van der Waals surface area contributed by atoms with Crippen LogP contribution in [-0.2, 0) is 30.7 Å². The molecule has 0 radical (unpaired) electrons. The monoisotopic (exact) mass is 546 g/mol. The highest BCUT2D eigenvalue weighted by molar-refractivity contribution is 5.95. The fraction of sp³-hybridized carbons (Fsp3) is 0.571. The summed E-state index contributed by atoms with van der Waals surface area (Å²) in [5, 5.41) is 15.5. The second-order valence-corrected chi connectivity index (χ2v) is 11.3. The number of nitrogens with zero attached hydrogens (tertiary/aromatic N) is 7. The fourth-order valence-corrected chi connectivity index (χ4v) is 5.78. The molecule has 7 rings (SSSR count). The summed E-state index contributed by atoms with van der Waals surface area (Å²) in [7, 11) is 0. The molecule has 4 aliphatic rings. The van der Waals surface area contributed by atoms with E-state index in [1.54, 1.807) is 11.0 Å². The third-order valence-corrected chi connectivity index (χ3v) is 8.42. The van der Waals surface area contributed by atoms with Crippen LogP contribution in [0.15, 0.2) is 18.2 Å². The van der Waals surface area contributed by atoms with Gasteiger partial charge in [-0.2, -0.15) is 5.10 Å². The Morgan fingerprint density at radius 3 is 2.67 bits per heavy atom. The zero-order chi connectivity index (χ0) is 27.1. The Kier molecular flexibility index (Phi) is 6.70. The number of amides is 2. The van der Waals surface area contributed by atoms with E-state index in [1.165, 1.54) is 0 Å². The summed E-state index contributed by atoms with van der Waals surface area (Å²) in [6.07, 6.45) is 5.53. The van der Waals surface area contributed by atoms with Gasteiger partial charge in [-0.15, -0.1) is 5.10 Å². The first-order chi connectivity index (χ1) is 19.6. The first-order valence-corrected chi connectivity index (χ1v) is 14.4. The fourth-order valence-electron chi connectivity index (χ4n) is 5.78. The highest BCUT2D eigenvalue weighted by Crippen LogP contribution is 2.40. The Morgan fingerprint density at radius 2 is 1.82 bits per heavy atom. The summed E-state index contributed by atoms with van der Waals surface area (Å²) >= 11 is 0. The highest BCUT2D eigenvalue weighted by Gasteiger charge is 2.30. The van der Waals surface area contributed by atoms with Crippen molar-refractivity contribution in [2.75, 3.05) is 39.5 Å². The second-order valence-electron chi connectivity index (χ2n) is 11.3. The molecule has 12 heteroatoms. The molecule has 1 N–H and O–H groups in total. The summed E-state index contributed by atoms with van der Waals surface area (Å²) in [4.78, 5) is 35.2. The minimum absolute atomic E-state index is 0.0148. The highest BCUT2D eigenvalue weighted by atomic mass is 16.5. The van der Waals surface area contributed by atoms with E-state index < -0.39 is 0 Å². The van der Waals surface area contributed by atoms with Crippen molar-refractivity contribution in [2.45, 2.75) is 57.5 Å². The summed E-state index contributed by atoms with van der Waals surface area (Å²) in [6, 6.07) is 5.61. The summed E-state index contributed by atoms with van der Waals surface area (Å²) in [5.41, 5.74) is 4.79. The zero-order valence-electron chi connectivity index (χ0n) is 22.5. The first kappa shape index (κ1) is 25.2. The number of aromatic nitrogens is 6. The van der Waals surface area contributed by atoms with Crippen LogP contribution in [0.4, 0.5) is 0 Å². The normalized spacial score (nSPS) is 19.6. The molecule has 12 nitrogen and oxygen atoms in total. The third-order valence-electron chi connectivity index (χ3n) is 8.42. The van der Waals surface area contributed by atoms with Gasteiger partial charge in [0.05, 0.1) is 25.4 Å². The number of nitrogens with one attached hydrogen (secondary N) is 1. The molecule has 0 atom stereocenters. The molecule has 0 bridgehead atoms. The average Bonchev–Trinajstić information content (AvgIpc) is 3.66. The largest absolute Gasteiger partial charge is 0.477 e.